The Morgan fingerprint density at radius 2 is 2.41 bits per heavy atom. The van der Waals surface area contributed by atoms with E-state index in [0.29, 0.717) is 12.1 Å². The largest absolute Gasteiger partial charge is 0.375 e. The highest BCUT2D eigenvalue weighted by Crippen LogP contribution is 2.15. The number of aromatic nitrogens is 1. The Hall–Kier alpha value is -1.92. The molecule has 0 bridgehead atoms. The standard InChI is InChI=1S/C16H19N3O2S/c1-12-10-19(5-6-21-12)15-3-2-13(8-17-15)9-18-16(20)14-4-7-22-11-14/h2-4,7-8,11-12H,5-6,9-10H2,1H3,(H,18,20)/t12-/m1/s1. The zero-order chi connectivity index (χ0) is 15.4. The number of pyridine rings is 1. The van der Waals surface area contributed by atoms with E-state index in [0.717, 1.165) is 31.1 Å². The fraction of sp³-hybridized carbons (Fsp3) is 0.375. The molecule has 2 aromatic heterocycles. The highest BCUT2D eigenvalue weighted by Gasteiger charge is 2.17. The van der Waals surface area contributed by atoms with Crippen LogP contribution >= 0.6 is 11.3 Å². The lowest BCUT2D eigenvalue weighted by Gasteiger charge is -2.32. The minimum Gasteiger partial charge on any atom is -0.375 e. The van der Waals surface area contributed by atoms with E-state index >= 15 is 0 Å². The summed E-state index contributed by atoms with van der Waals surface area (Å²) in [4.78, 5) is 18.6. The SMILES string of the molecule is C[C@@H]1CN(c2ccc(CNC(=O)c3ccsc3)cn2)CCO1. The molecule has 6 heteroatoms. The second kappa shape index (κ2) is 6.89. The lowest BCUT2D eigenvalue weighted by Crippen LogP contribution is -2.41. The van der Waals surface area contributed by atoms with E-state index in [2.05, 4.69) is 22.1 Å². The molecule has 22 heavy (non-hydrogen) atoms. The number of rotatable bonds is 4. The average Bonchev–Trinajstić information content (AvgIpc) is 3.08. The first-order valence-corrected chi connectivity index (χ1v) is 8.28. The van der Waals surface area contributed by atoms with Crippen molar-refractivity contribution < 1.29 is 9.53 Å². The number of carbonyl (C=O) groups is 1. The Morgan fingerprint density at radius 1 is 1.50 bits per heavy atom. The molecule has 116 valence electrons. The smallest absolute Gasteiger partial charge is 0.252 e. The van der Waals surface area contributed by atoms with Crippen molar-refractivity contribution in [3.8, 4) is 0 Å². The van der Waals surface area contributed by atoms with E-state index in [-0.39, 0.29) is 12.0 Å². The monoisotopic (exact) mass is 317 g/mol. The highest BCUT2D eigenvalue weighted by atomic mass is 32.1. The second-order valence-corrected chi connectivity index (χ2v) is 6.13. The first-order chi connectivity index (χ1) is 10.7. The molecule has 1 aliphatic heterocycles. The fourth-order valence-electron chi connectivity index (χ4n) is 2.41. The minimum absolute atomic E-state index is 0.0488. The molecule has 5 nitrogen and oxygen atoms in total. The number of anilines is 1. The van der Waals surface area contributed by atoms with Crippen molar-refractivity contribution in [2.75, 3.05) is 24.6 Å². The van der Waals surface area contributed by atoms with E-state index in [1.807, 2.05) is 35.2 Å². The molecule has 1 amide bonds. The number of thiophene rings is 1. The molecule has 1 atom stereocenters. The topological polar surface area (TPSA) is 54.5 Å². The number of carbonyl (C=O) groups excluding carboxylic acids is 1. The van der Waals surface area contributed by atoms with E-state index < -0.39 is 0 Å². The number of amides is 1. The van der Waals surface area contributed by atoms with Gasteiger partial charge in [0.15, 0.2) is 0 Å². The highest BCUT2D eigenvalue weighted by molar-refractivity contribution is 7.08. The molecule has 3 rings (SSSR count). The van der Waals surface area contributed by atoms with Crippen LogP contribution in [0.5, 0.6) is 0 Å². The summed E-state index contributed by atoms with van der Waals surface area (Å²) < 4.78 is 5.54. The summed E-state index contributed by atoms with van der Waals surface area (Å²) in [6.07, 6.45) is 2.06. The summed E-state index contributed by atoms with van der Waals surface area (Å²) in [5.41, 5.74) is 1.70. The van der Waals surface area contributed by atoms with Gasteiger partial charge in [0.2, 0.25) is 0 Å². The van der Waals surface area contributed by atoms with Crippen LogP contribution in [0, 0.1) is 0 Å². The van der Waals surface area contributed by atoms with Crippen LogP contribution in [-0.4, -0.2) is 36.7 Å². The van der Waals surface area contributed by atoms with Crippen molar-refractivity contribution in [1.82, 2.24) is 10.3 Å². The Bertz CT molecular complexity index is 613. The number of nitrogens with one attached hydrogen (secondary N) is 1. The van der Waals surface area contributed by atoms with Crippen molar-refractivity contribution in [2.45, 2.75) is 19.6 Å². The van der Waals surface area contributed by atoms with Crippen LogP contribution in [0.2, 0.25) is 0 Å². The van der Waals surface area contributed by atoms with Gasteiger partial charge in [-0.05, 0) is 30.0 Å². The molecular formula is C16H19N3O2S. The van der Waals surface area contributed by atoms with E-state index in [1.54, 1.807) is 0 Å². The quantitative estimate of drug-likeness (QED) is 0.940. The summed E-state index contributed by atoms with van der Waals surface area (Å²) in [5.74, 6) is 0.912. The number of hydrogen-bond donors (Lipinski definition) is 1. The summed E-state index contributed by atoms with van der Waals surface area (Å²) in [6.45, 7) is 5.02. The summed E-state index contributed by atoms with van der Waals surface area (Å²) >= 11 is 1.52. The maximum atomic E-state index is 11.9. The van der Waals surface area contributed by atoms with Crippen LogP contribution in [0.4, 0.5) is 5.82 Å². The van der Waals surface area contributed by atoms with Gasteiger partial charge in [0.05, 0.1) is 12.7 Å². The van der Waals surface area contributed by atoms with E-state index in [4.69, 9.17) is 4.74 Å². The van der Waals surface area contributed by atoms with Crippen LogP contribution in [0.15, 0.2) is 35.2 Å². The van der Waals surface area contributed by atoms with Gasteiger partial charge >= 0.3 is 0 Å². The third-order valence-corrected chi connectivity index (χ3v) is 4.29. The molecule has 0 aliphatic carbocycles. The van der Waals surface area contributed by atoms with Gasteiger partial charge in [0, 0.05) is 36.8 Å². The molecular weight excluding hydrogens is 298 g/mol. The van der Waals surface area contributed by atoms with Crippen molar-refractivity contribution in [2.24, 2.45) is 0 Å². The second-order valence-electron chi connectivity index (χ2n) is 5.35. The van der Waals surface area contributed by atoms with Gasteiger partial charge in [-0.3, -0.25) is 4.79 Å². The van der Waals surface area contributed by atoms with Crippen LogP contribution in [-0.2, 0) is 11.3 Å². The van der Waals surface area contributed by atoms with Crippen molar-refractivity contribution in [3.05, 3.63) is 46.3 Å². The van der Waals surface area contributed by atoms with Gasteiger partial charge in [-0.2, -0.15) is 11.3 Å². The predicted molar refractivity (Wildman–Crippen MR) is 87.4 cm³/mol. The third kappa shape index (κ3) is 3.64. The first-order valence-electron chi connectivity index (χ1n) is 7.34. The lowest BCUT2D eigenvalue weighted by molar-refractivity contribution is 0.0529. The zero-order valence-corrected chi connectivity index (χ0v) is 13.3. The third-order valence-electron chi connectivity index (χ3n) is 3.61. The molecule has 0 unspecified atom stereocenters. The minimum atomic E-state index is -0.0488. The molecule has 3 heterocycles. The Morgan fingerprint density at radius 3 is 3.09 bits per heavy atom. The van der Waals surface area contributed by atoms with E-state index in [9.17, 15) is 4.79 Å². The Labute approximate surface area is 133 Å². The van der Waals surface area contributed by atoms with Gasteiger partial charge in [0.1, 0.15) is 5.82 Å². The number of hydrogen-bond acceptors (Lipinski definition) is 5. The van der Waals surface area contributed by atoms with Gasteiger partial charge in [0.25, 0.3) is 5.91 Å². The van der Waals surface area contributed by atoms with Crippen LogP contribution in [0.1, 0.15) is 22.8 Å². The molecule has 2 aromatic rings. The Balaban J connectivity index is 1.56. The first kappa shape index (κ1) is 15.0. The van der Waals surface area contributed by atoms with Crippen LogP contribution in [0.3, 0.4) is 0 Å². The van der Waals surface area contributed by atoms with Gasteiger partial charge < -0.3 is 15.0 Å². The normalized spacial score (nSPS) is 18.2. The van der Waals surface area contributed by atoms with Crippen LogP contribution in [0.25, 0.3) is 0 Å². The molecule has 0 spiro atoms. The zero-order valence-electron chi connectivity index (χ0n) is 12.5. The molecule has 0 saturated carbocycles. The lowest BCUT2D eigenvalue weighted by atomic mass is 10.2. The molecule has 1 aliphatic rings. The molecule has 1 fully saturated rings. The molecule has 0 radical (unpaired) electrons. The maximum Gasteiger partial charge on any atom is 0.252 e. The van der Waals surface area contributed by atoms with E-state index in [1.165, 1.54) is 11.3 Å². The predicted octanol–water partition coefficient (Wildman–Crippen LogP) is 2.30. The van der Waals surface area contributed by atoms with Gasteiger partial charge in [-0.15, -0.1) is 0 Å². The van der Waals surface area contributed by atoms with Gasteiger partial charge in [-0.25, -0.2) is 4.98 Å². The number of nitrogens with zero attached hydrogens (tertiary/aromatic N) is 2. The molecule has 0 aromatic carbocycles. The number of ether oxygens (including phenoxy) is 1. The molecule has 1 N–H and O–H groups in total. The Kier molecular flexibility index (Phi) is 4.70. The van der Waals surface area contributed by atoms with Crippen molar-refractivity contribution >= 4 is 23.1 Å². The average molecular weight is 317 g/mol. The van der Waals surface area contributed by atoms with Gasteiger partial charge in [-0.1, -0.05) is 6.07 Å². The summed E-state index contributed by atoms with van der Waals surface area (Å²) in [6, 6.07) is 5.83. The summed E-state index contributed by atoms with van der Waals surface area (Å²) in [5, 5.41) is 6.64. The molecule has 1 saturated heterocycles. The fourth-order valence-corrected chi connectivity index (χ4v) is 3.05. The van der Waals surface area contributed by atoms with Crippen molar-refractivity contribution in [1.29, 1.82) is 0 Å². The van der Waals surface area contributed by atoms with Crippen LogP contribution < -0.4 is 10.2 Å². The number of morpholine rings is 1. The van der Waals surface area contributed by atoms with Crippen molar-refractivity contribution in [3.63, 3.8) is 0 Å². The maximum absolute atomic E-state index is 11.9. The summed E-state index contributed by atoms with van der Waals surface area (Å²) in [7, 11) is 0.